The largest absolute Gasteiger partial charge is 0.444 e. The van der Waals surface area contributed by atoms with Crippen LogP contribution in [-0.2, 0) is 14.4 Å². The first-order valence-corrected chi connectivity index (χ1v) is 9.52. The fourth-order valence-corrected chi connectivity index (χ4v) is 2.24. The zero-order valence-electron chi connectivity index (χ0n) is 13.4. The summed E-state index contributed by atoms with van der Waals surface area (Å²) < 4.78 is 5.18. The Bertz CT molecular complexity index is 337. The van der Waals surface area contributed by atoms with Crippen LogP contribution in [-0.4, -0.2) is 49.4 Å². The summed E-state index contributed by atoms with van der Waals surface area (Å²) in [6, 6.07) is -0.667. The number of likely N-dealkylation sites (N-methyl/N-ethyl adjacent to an activating group) is 1. The summed E-state index contributed by atoms with van der Waals surface area (Å²) in [4.78, 5) is 28.8. The molecule has 0 aromatic rings. The second-order valence-electron chi connectivity index (χ2n) is 5.43. The Hall–Kier alpha value is -0.480. The Morgan fingerprint density at radius 1 is 1.38 bits per heavy atom. The fourth-order valence-electron chi connectivity index (χ4n) is 1.48. The highest BCUT2D eigenvalue weighted by atomic mass is 32.0. The van der Waals surface area contributed by atoms with Gasteiger partial charge in [0.05, 0.1) is 7.11 Å². The monoisotopic (exact) mass is 339 g/mol. The van der Waals surface area contributed by atoms with Gasteiger partial charge in [-0.1, -0.05) is 8.93 Å². The number of nitrogens with one attached hydrogen (secondary N) is 2. The zero-order chi connectivity index (χ0) is 16.5. The molecule has 0 aromatic heterocycles. The van der Waals surface area contributed by atoms with Gasteiger partial charge in [-0.15, -0.1) is 0 Å². The number of hydrogen-bond donors (Lipinski definition) is 2. The van der Waals surface area contributed by atoms with Crippen LogP contribution < -0.4 is 10.4 Å². The van der Waals surface area contributed by atoms with Gasteiger partial charge in [-0.3, -0.25) is 14.7 Å². The number of alkyl carbamates (subject to hydrolysis) is 1. The first-order chi connectivity index (χ1) is 9.71. The Labute approximate surface area is 130 Å². The molecule has 0 aliphatic carbocycles. The average Bonchev–Trinajstić information content (AvgIpc) is 2.38. The second kappa shape index (κ2) is 10.3. The quantitative estimate of drug-likeness (QED) is 0.399. The van der Waals surface area contributed by atoms with Gasteiger partial charge in [-0.25, -0.2) is 9.86 Å². The first kappa shape index (κ1) is 20.5. The predicted octanol–water partition coefficient (Wildman–Crippen LogP) is 1.65. The summed E-state index contributed by atoms with van der Waals surface area (Å²) in [5.74, 6) is -0.309. The molecule has 0 aliphatic rings. The van der Waals surface area contributed by atoms with Crippen LogP contribution >= 0.6 is 17.3 Å². The number of hydroxylamine groups is 2. The molecule has 9 heteroatoms. The highest BCUT2D eigenvalue weighted by molar-refractivity contribution is 8.01. The molecular weight excluding hydrogens is 312 g/mol. The first-order valence-electron chi connectivity index (χ1n) is 6.71. The maximum atomic E-state index is 12.1. The summed E-state index contributed by atoms with van der Waals surface area (Å²) in [6.07, 6.45) is 0.658. The fraction of sp³-hybridized carbons (Fsp3) is 0.833. The lowest BCUT2D eigenvalue weighted by atomic mass is 10.1. The van der Waals surface area contributed by atoms with Crippen molar-refractivity contribution in [1.29, 1.82) is 0 Å². The maximum Gasteiger partial charge on any atom is 0.408 e. The normalized spacial score (nSPS) is 13.2. The highest BCUT2D eigenvalue weighted by Gasteiger charge is 2.26. The van der Waals surface area contributed by atoms with Crippen LogP contribution in [0.15, 0.2) is 0 Å². The standard InChI is InChI=1S/C12H27N3O4P2/c1-12(2,3)19-11(17)14-9(7-6-8-13-21-20)10(16)15(4)18-5/h9,13,21H,6-8,20H2,1-5H3,(H,14,17)/t9-/m0/s1. The van der Waals surface area contributed by atoms with Gasteiger partial charge in [0.2, 0.25) is 0 Å². The third-order valence-corrected chi connectivity index (χ3v) is 3.54. The van der Waals surface area contributed by atoms with Crippen molar-refractivity contribution in [2.75, 3.05) is 20.7 Å². The minimum Gasteiger partial charge on any atom is -0.444 e. The lowest BCUT2D eigenvalue weighted by Gasteiger charge is -2.25. The van der Waals surface area contributed by atoms with E-state index in [0.717, 1.165) is 18.0 Å². The van der Waals surface area contributed by atoms with Crippen molar-refractivity contribution in [1.82, 2.24) is 15.5 Å². The molecule has 21 heavy (non-hydrogen) atoms. The van der Waals surface area contributed by atoms with Gasteiger partial charge < -0.3 is 10.1 Å². The molecule has 0 bridgehead atoms. The summed E-state index contributed by atoms with van der Waals surface area (Å²) >= 11 is 0. The van der Waals surface area contributed by atoms with Crippen LogP contribution in [0.5, 0.6) is 0 Å². The average molecular weight is 339 g/mol. The van der Waals surface area contributed by atoms with E-state index in [4.69, 9.17) is 9.57 Å². The minimum atomic E-state index is -0.667. The number of nitrogens with zero attached hydrogens (tertiary/aromatic N) is 1. The SMILES string of the molecule is CON(C)C(=O)[C@H](CCCNPP)NC(=O)OC(C)(C)C. The molecule has 0 saturated carbocycles. The second-order valence-corrected chi connectivity index (χ2v) is 6.94. The maximum absolute atomic E-state index is 12.1. The molecule has 2 N–H and O–H groups in total. The van der Waals surface area contributed by atoms with Gasteiger partial charge in [-0.05, 0) is 48.6 Å². The molecule has 0 radical (unpaired) electrons. The van der Waals surface area contributed by atoms with Crippen molar-refractivity contribution in [2.24, 2.45) is 0 Å². The van der Waals surface area contributed by atoms with Gasteiger partial charge in [0.15, 0.2) is 0 Å². The molecule has 2 unspecified atom stereocenters. The highest BCUT2D eigenvalue weighted by Crippen LogP contribution is 2.13. The molecule has 0 rings (SSSR count). The number of carbonyl (C=O) groups excluding carboxylic acids is 2. The minimum absolute atomic E-state index is 0.309. The van der Waals surface area contributed by atoms with Crippen LogP contribution in [0.3, 0.4) is 0 Å². The number of rotatable bonds is 8. The van der Waals surface area contributed by atoms with E-state index in [1.165, 1.54) is 14.2 Å². The van der Waals surface area contributed by atoms with Crippen LogP contribution in [0.1, 0.15) is 33.6 Å². The Morgan fingerprint density at radius 2 is 2.00 bits per heavy atom. The van der Waals surface area contributed by atoms with Crippen LogP contribution in [0.2, 0.25) is 0 Å². The van der Waals surface area contributed by atoms with Gasteiger partial charge in [0.25, 0.3) is 5.91 Å². The molecule has 0 saturated heterocycles. The summed E-state index contributed by atoms with van der Waals surface area (Å²) in [6.45, 7) is 6.09. The number of hydrogen-bond acceptors (Lipinski definition) is 5. The van der Waals surface area contributed by atoms with E-state index in [0.29, 0.717) is 14.8 Å². The number of carbonyl (C=O) groups is 2. The van der Waals surface area contributed by atoms with E-state index in [1.54, 1.807) is 20.8 Å². The van der Waals surface area contributed by atoms with E-state index < -0.39 is 17.7 Å². The molecule has 0 fully saturated rings. The molecule has 0 aliphatic heterocycles. The zero-order valence-corrected chi connectivity index (χ0v) is 15.5. The molecule has 124 valence electrons. The molecule has 7 nitrogen and oxygen atoms in total. The molecule has 0 spiro atoms. The molecular formula is C12H27N3O4P2. The molecule has 0 aromatic carbocycles. The van der Waals surface area contributed by atoms with Crippen LogP contribution in [0.4, 0.5) is 4.79 Å². The lowest BCUT2D eigenvalue weighted by molar-refractivity contribution is -0.171. The van der Waals surface area contributed by atoms with Gasteiger partial charge in [-0.2, -0.15) is 0 Å². The van der Waals surface area contributed by atoms with Crippen LogP contribution in [0.25, 0.3) is 0 Å². The third kappa shape index (κ3) is 9.97. The van der Waals surface area contributed by atoms with Crippen molar-refractivity contribution in [3.63, 3.8) is 0 Å². The Morgan fingerprint density at radius 3 is 2.48 bits per heavy atom. The third-order valence-electron chi connectivity index (χ3n) is 2.47. The predicted molar refractivity (Wildman–Crippen MR) is 88.2 cm³/mol. The van der Waals surface area contributed by atoms with Crippen molar-refractivity contribution in [2.45, 2.75) is 45.3 Å². The summed E-state index contributed by atoms with van der Waals surface area (Å²) in [5, 5.41) is 6.87. The summed E-state index contributed by atoms with van der Waals surface area (Å²) in [7, 11) is 6.08. The van der Waals surface area contributed by atoms with E-state index in [1.807, 2.05) is 0 Å². The summed E-state index contributed by atoms with van der Waals surface area (Å²) in [5.41, 5.74) is -0.604. The van der Waals surface area contributed by atoms with Gasteiger partial charge in [0, 0.05) is 7.05 Å². The van der Waals surface area contributed by atoms with Crippen molar-refractivity contribution in [3.8, 4) is 0 Å². The van der Waals surface area contributed by atoms with E-state index in [2.05, 4.69) is 19.3 Å². The topological polar surface area (TPSA) is 79.9 Å². The molecule has 0 heterocycles. The van der Waals surface area contributed by atoms with E-state index in [-0.39, 0.29) is 5.91 Å². The van der Waals surface area contributed by atoms with Gasteiger partial charge >= 0.3 is 6.09 Å². The number of amides is 2. The van der Waals surface area contributed by atoms with Gasteiger partial charge in [0.1, 0.15) is 11.6 Å². The van der Waals surface area contributed by atoms with Crippen LogP contribution in [0, 0.1) is 0 Å². The van der Waals surface area contributed by atoms with Crippen molar-refractivity contribution < 1.29 is 19.2 Å². The molecule has 2 amide bonds. The van der Waals surface area contributed by atoms with E-state index in [9.17, 15) is 9.59 Å². The lowest BCUT2D eigenvalue weighted by Crippen LogP contribution is -2.48. The van der Waals surface area contributed by atoms with E-state index >= 15 is 0 Å². The van der Waals surface area contributed by atoms with Crippen molar-refractivity contribution in [3.05, 3.63) is 0 Å². The Balaban J connectivity index is 4.57. The Kier molecular flexibility index (Phi) is 10.0. The smallest absolute Gasteiger partial charge is 0.408 e. The molecule has 3 atom stereocenters. The van der Waals surface area contributed by atoms with Crippen molar-refractivity contribution >= 4 is 29.3 Å². The number of ether oxygens (including phenoxy) is 1.